The summed E-state index contributed by atoms with van der Waals surface area (Å²) in [7, 11) is -3.55. The lowest BCUT2D eigenvalue weighted by Crippen LogP contribution is -2.17. The zero-order chi connectivity index (χ0) is 13.9. The molecule has 2 rings (SSSR count). The molecule has 19 heavy (non-hydrogen) atoms. The highest BCUT2D eigenvalue weighted by molar-refractivity contribution is 7.93. The van der Waals surface area contributed by atoms with E-state index in [1.54, 1.807) is 11.4 Å². The van der Waals surface area contributed by atoms with Crippen molar-refractivity contribution >= 4 is 37.8 Å². The van der Waals surface area contributed by atoms with Gasteiger partial charge in [-0.15, -0.1) is 22.7 Å². The first kappa shape index (κ1) is 14.4. The van der Waals surface area contributed by atoms with Crippen LogP contribution in [0.15, 0.2) is 21.7 Å². The molecule has 0 unspecified atom stereocenters. The fourth-order valence-electron chi connectivity index (χ4n) is 1.51. The number of hydrogen-bond acceptors (Lipinski definition) is 6. The number of aromatic nitrogens is 1. The van der Waals surface area contributed by atoms with E-state index in [2.05, 4.69) is 15.0 Å². The van der Waals surface area contributed by atoms with Crippen LogP contribution >= 0.6 is 22.7 Å². The zero-order valence-electron chi connectivity index (χ0n) is 10.6. The van der Waals surface area contributed by atoms with Gasteiger partial charge in [-0.3, -0.25) is 4.72 Å². The average Bonchev–Trinajstić information content (AvgIpc) is 2.95. The first-order valence-corrected chi connectivity index (χ1v) is 8.99. The molecule has 0 aliphatic rings. The van der Waals surface area contributed by atoms with Crippen molar-refractivity contribution in [2.24, 2.45) is 0 Å². The summed E-state index contributed by atoms with van der Waals surface area (Å²) >= 11 is 2.72. The summed E-state index contributed by atoms with van der Waals surface area (Å²) in [6.07, 6.45) is 0. The molecule has 0 saturated heterocycles. The Kier molecular flexibility index (Phi) is 4.56. The Hall–Kier alpha value is -0.960. The minimum atomic E-state index is -3.55. The van der Waals surface area contributed by atoms with E-state index in [0.29, 0.717) is 16.6 Å². The zero-order valence-corrected chi connectivity index (χ0v) is 13.1. The van der Waals surface area contributed by atoms with Crippen molar-refractivity contribution in [3.05, 3.63) is 27.4 Å². The predicted molar refractivity (Wildman–Crippen MR) is 79.4 cm³/mol. The fourth-order valence-corrected chi connectivity index (χ4v) is 4.86. The number of thiazole rings is 1. The molecule has 0 bridgehead atoms. The molecule has 2 N–H and O–H groups in total. The summed E-state index contributed by atoms with van der Waals surface area (Å²) < 4.78 is 27.1. The summed E-state index contributed by atoms with van der Waals surface area (Å²) in [4.78, 5) is 5.25. The summed E-state index contributed by atoms with van der Waals surface area (Å²) in [5.74, 6) is 0. The molecule has 0 aliphatic carbocycles. The van der Waals surface area contributed by atoms with Crippen molar-refractivity contribution in [1.29, 1.82) is 0 Å². The van der Waals surface area contributed by atoms with E-state index in [1.807, 2.05) is 19.2 Å². The molecular weight excluding hydrogens is 302 g/mol. The smallest absolute Gasteiger partial charge is 0.264 e. The van der Waals surface area contributed by atoms with Crippen molar-refractivity contribution in [2.75, 3.05) is 11.3 Å². The van der Waals surface area contributed by atoms with E-state index < -0.39 is 10.0 Å². The van der Waals surface area contributed by atoms with Crippen LogP contribution in [0, 0.1) is 6.92 Å². The molecule has 2 heterocycles. The van der Waals surface area contributed by atoms with Gasteiger partial charge in [0.05, 0.1) is 5.69 Å². The van der Waals surface area contributed by atoms with Gasteiger partial charge in [-0.1, -0.05) is 6.92 Å². The molecule has 5 nitrogen and oxygen atoms in total. The van der Waals surface area contributed by atoms with Crippen molar-refractivity contribution < 1.29 is 8.42 Å². The van der Waals surface area contributed by atoms with Crippen LogP contribution in [0.1, 0.15) is 17.5 Å². The van der Waals surface area contributed by atoms with Gasteiger partial charge in [0.15, 0.2) is 5.13 Å². The predicted octanol–water partition coefficient (Wildman–Crippen LogP) is 2.42. The van der Waals surface area contributed by atoms with Gasteiger partial charge >= 0.3 is 0 Å². The highest BCUT2D eigenvalue weighted by Gasteiger charge is 2.20. The second-order valence-electron chi connectivity index (χ2n) is 3.89. The number of nitrogens with one attached hydrogen (secondary N) is 2. The molecule has 0 spiro atoms. The van der Waals surface area contributed by atoms with Gasteiger partial charge in [-0.2, -0.15) is 0 Å². The van der Waals surface area contributed by atoms with Crippen LogP contribution in [0.5, 0.6) is 0 Å². The number of rotatable bonds is 6. The molecule has 0 radical (unpaired) electrons. The summed E-state index contributed by atoms with van der Waals surface area (Å²) in [6.45, 7) is 5.17. The molecule has 8 heteroatoms. The standard InChI is InChI=1S/C11H15N3O2S3/c1-3-12-6-9-10(4-5-17-9)19(15,16)14-11-13-8(2)7-18-11/h4-5,7,12H,3,6H2,1-2H3,(H,13,14). The first-order valence-electron chi connectivity index (χ1n) is 5.75. The lowest BCUT2D eigenvalue weighted by molar-refractivity contribution is 0.599. The van der Waals surface area contributed by atoms with Crippen molar-refractivity contribution in [3.63, 3.8) is 0 Å². The van der Waals surface area contributed by atoms with Gasteiger partial charge in [-0.25, -0.2) is 13.4 Å². The SMILES string of the molecule is CCNCc1sccc1S(=O)(=O)Nc1nc(C)cs1. The molecule has 0 saturated carbocycles. The van der Waals surface area contributed by atoms with Crippen LogP contribution in [0.3, 0.4) is 0 Å². The summed E-state index contributed by atoms with van der Waals surface area (Å²) in [5, 5.41) is 7.13. The van der Waals surface area contributed by atoms with E-state index in [1.165, 1.54) is 22.7 Å². The summed E-state index contributed by atoms with van der Waals surface area (Å²) in [5.41, 5.74) is 0.806. The van der Waals surface area contributed by atoms with Crippen LogP contribution in [0.4, 0.5) is 5.13 Å². The number of sulfonamides is 1. The first-order chi connectivity index (χ1) is 9.03. The number of nitrogens with zero attached hydrogens (tertiary/aromatic N) is 1. The Morgan fingerprint density at radius 2 is 2.16 bits per heavy atom. The Morgan fingerprint density at radius 1 is 1.37 bits per heavy atom. The van der Waals surface area contributed by atoms with Gasteiger partial charge in [0, 0.05) is 16.8 Å². The van der Waals surface area contributed by atoms with Gasteiger partial charge in [0.1, 0.15) is 4.90 Å². The average molecular weight is 317 g/mol. The minimum absolute atomic E-state index is 0.325. The van der Waals surface area contributed by atoms with Crippen LogP contribution in [-0.4, -0.2) is 19.9 Å². The van der Waals surface area contributed by atoms with E-state index in [0.717, 1.165) is 17.1 Å². The Balaban J connectivity index is 2.22. The lowest BCUT2D eigenvalue weighted by atomic mass is 10.4. The van der Waals surface area contributed by atoms with E-state index >= 15 is 0 Å². The molecular formula is C11H15N3O2S3. The highest BCUT2D eigenvalue weighted by Crippen LogP contribution is 2.25. The molecule has 0 amide bonds. The third-order valence-electron chi connectivity index (χ3n) is 2.37. The van der Waals surface area contributed by atoms with Crippen molar-refractivity contribution in [2.45, 2.75) is 25.3 Å². The second-order valence-corrected chi connectivity index (χ2v) is 7.40. The maximum absolute atomic E-state index is 12.3. The van der Waals surface area contributed by atoms with Crippen LogP contribution in [-0.2, 0) is 16.6 Å². The largest absolute Gasteiger partial charge is 0.312 e. The number of thiophene rings is 1. The van der Waals surface area contributed by atoms with E-state index in [9.17, 15) is 8.42 Å². The van der Waals surface area contributed by atoms with Gasteiger partial charge in [-0.05, 0) is 24.9 Å². The molecule has 0 aliphatic heterocycles. The Bertz CT molecular complexity index is 646. The third kappa shape index (κ3) is 3.53. The summed E-state index contributed by atoms with van der Waals surface area (Å²) in [6, 6.07) is 1.63. The normalized spacial score (nSPS) is 11.7. The molecule has 2 aromatic heterocycles. The number of aryl methyl sites for hydroxylation is 1. The Labute approximate surface area is 120 Å². The highest BCUT2D eigenvalue weighted by atomic mass is 32.2. The van der Waals surface area contributed by atoms with Crippen molar-refractivity contribution in [3.8, 4) is 0 Å². The van der Waals surface area contributed by atoms with Crippen molar-refractivity contribution in [1.82, 2.24) is 10.3 Å². The number of hydrogen-bond donors (Lipinski definition) is 2. The minimum Gasteiger partial charge on any atom is -0.312 e. The van der Waals surface area contributed by atoms with E-state index in [4.69, 9.17) is 0 Å². The molecule has 2 aromatic rings. The van der Waals surface area contributed by atoms with E-state index in [-0.39, 0.29) is 0 Å². The van der Waals surface area contributed by atoms with Crippen LogP contribution in [0.25, 0.3) is 0 Å². The van der Waals surface area contributed by atoms with Crippen LogP contribution in [0.2, 0.25) is 0 Å². The fraction of sp³-hybridized carbons (Fsp3) is 0.364. The molecule has 0 fully saturated rings. The third-order valence-corrected chi connectivity index (χ3v) is 5.85. The van der Waals surface area contributed by atoms with Crippen LogP contribution < -0.4 is 10.0 Å². The molecule has 0 atom stereocenters. The Morgan fingerprint density at radius 3 is 2.79 bits per heavy atom. The lowest BCUT2D eigenvalue weighted by Gasteiger charge is -2.06. The monoisotopic (exact) mass is 317 g/mol. The molecule has 0 aromatic carbocycles. The number of anilines is 1. The second kappa shape index (κ2) is 6.00. The maximum Gasteiger partial charge on any atom is 0.264 e. The maximum atomic E-state index is 12.3. The van der Waals surface area contributed by atoms with Gasteiger partial charge in [0.2, 0.25) is 0 Å². The molecule has 104 valence electrons. The topological polar surface area (TPSA) is 71.1 Å². The quantitative estimate of drug-likeness (QED) is 0.858. The van der Waals surface area contributed by atoms with Gasteiger partial charge < -0.3 is 5.32 Å². The van der Waals surface area contributed by atoms with Gasteiger partial charge in [0.25, 0.3) is 10.0 Å².